The molecule has 112 valence electrons. The first kappa shape index (κ1) is 16.8. The molecule has 0 spiro atoms. The Morgan fingerprint density at radius 2 is 1.90 bits per heavy atom. The van der Waals surface area contributed by atoms with Gasteiger partial charge in [-0.1, -0.05) is 6.92 Å². The lowest BCUT2D eigenvalue weighted by Crippen LogP contribution is -2.20. The first-order valence-corrected chi connectivity index (χ1v) is 7.88. The minimum atomic E-state index is -4.26. The molecular weight excluding hydrogens is 316 g/mol. The smallest absolute Gasteiger partial charge is 0.261 e. The summed E-state index contributed by atoms with van der Waals surface area (Å²) < 4.78 is 54.0. The molecule has 0 aliphatic carbocycles. The summed E-state index contributed by atoms with van der Waals surface area (Å²) in [6.07, 6.45) is 0.693. The summed E-state index contributed by atoms with van der Waals surface area (Å²) in [5.41, 5.74) is -0.751. The topological polar surface area (TPSA) is 72.5 Å². The highest BCUT2D eigenvalue weighted by molar-refractivity contribution is 8.13. The molecule has 0 aliphatic heterocycles. The molecule has 9 heteroatoms. The molecule has 0 fully saturated rings. The first-order chi connectivity index (χ1) is 9.25. The van der Waals surface area contributed by atoms with E-state index in [-0.39, 0.29) is 6.61 Å². The Morgan fingerprint density at radius 1 is 1.35 bits per heavy atom. The second-order valence-corrected chi connectivity index (χ2v) is 6.37. The number of benzene rings is 1. The van der Waals surface area contributed by atoms with Gasteiger partial charge in [0.2, 0.25) is 0 Å². The van der Waals surface area contributed by atoms with E-state index in [1.54, 1.807) is 0 Å². The Kier molecular flexibility index (Phi) is 5.85. The van der Waals surface area contributed by atoms with E-state index in [1.807, 2.05) is 12.2 Å². The molecule has 0 unspecified atom stereocenters. The SMILES string of the molecule is CCCOCC(=O)Nc1c(F)cc(S(=O)(=O)Cl)cc1F. The maximum absolute atomic E-state index is 13.6. The van der Waals surface area contributed by atoms with Crippen molar-refractivity contribution < 1.29 is 26.7 Å². The van der Waals surface area contributed by atoms with E-state index in [0.29, 0.717) is 25.2 Å². The van der Waals surface area contributed by atoms with Crippen molar-refractivity contribution in [2.24, 2.45) is 0 Å². The van der Waals surface area contributed by atoms with Crippen LogP contribution in [-0.4, -0.2) is 27.5 Å². The van der Waals surface area contributed by atoms with Crippen molar-refractivity contribution >= 4 is 31.3 Å². The molecule has 1 rings (SSSR count). The fraction of sp³-hybridized carbons (Fsp3) is 0.364. The van der Waals surface area contributed by atoms with Crippen LogP contribution in [0, 0.1) is 11.6 Å². The standard InChI is InChI=1S/C11H12ClF2NO4S/c1-2-3-19-6-10(16)15-11-8(13)4-7(5-9(11)14)20(12,17)18/h4-5H,2-3,6H2,1H3,(H,15,16). The monoisotopic (exact) mass is 327 g/mol. The first-order valence-electron chi connectivity index (χ1n) is 5.57. The number of hydrogen-bond donors (Lipinski definition) is 1. The molecule has 0 bridgehead atoms. The molecule has 1 N–H and O–H groups in total. The van der Waals surface area contributed by atoms with Crippen molar-refractivity contribution in [1.29, 1.82) is 0 Å². The summed E-state index contributed by atoms with van der Waals surface area (Å²) in [7, 11) is 0.721. The zero-order valence-electron chi connectivity index (χ0n) is 10.5. The quantitative estimate of drug-likeness (QED) is 0.642. The van der Waals surface area contributed by atoms with Gasteiger partial charge in [-0.15, -0.1) is 0 Å². The molecule has 1 aromatic rings. The van der Waals surface area contributed by atoms with E-state index in [1.165, 1.54) is 0 Å². The summed E-state index contributed by atoms with van der Waals surface area (Å²) in [4.78, 5) is 10.6. The van der Waals surface area contributed by atoms with Crippen molar-refractivity contribution in [3.8, 4) is 0 Å². The summed E-state index contributed by atoms with van der Waals surface area (Å²) >= 11 is 0. The Hall–Kier alpha value is -1.25. The van der Waals surface area contributed by atoms with Gasteiger partial charge >= 0.3 is 0 Å². The molecule has 5 nitrogen and oxygen atoms in total. The zero-order chi connectivity index (χ0) is 15.3. The van der Waals surface area contributed by atoms with Crippen LogP contribution in [0.1, 0.15) is 13.3 Å². The van der Waals surface area contributed by atoms with Gasteiger partial charge in [0.25, 0.3) is 15.0 Å². The fourth-order valence-corrected chi connectivity index (χ4v) is 2.05. The third-order valence-corrected chi connectivity index (χ3v) is 3.48. The third-order valence-electron chi connectivity index (χ3n) is 2.14. The van der Waals surface area contributed by atoms with Crippen LogP contribution in [0.15, 0.2) is 17.0 Å². The maximum atomic E-state index is 13.6. The van der Waals surface area contributed by atoms with E-state index < -0.39 is 37.2 Å². The minimum Gasteiger partial charge on any atom is -0.372 e. The van der Waals surface area contributed by atoms with Crippen LogP contribution in [0.5, 0.6) is 0 Å². The lowest BCUT2D eigenvalue weighted by Gasteiger charge is -2.09. The molecule has 1 aromatic carbocycles. The average Bonchev–Trinajstić information content (AvgIpc) is 2.32. The second kappa shape index (κ2) is 6.96. The van der Waals surface area contributed by atoms with Crippen molar-refractivity contribution in [2.45, 2.75) is 18.2 Å². The maximum Gasteiger partial charge on any atom is 0.261 e. The lowest BCUT2D eigenvalue weighted by atomic mass is 10.3. The molecule has 0 saturated heterocycles. The van der Waals surface area contributed by atoms with Gasteiger partial charge in [-0.25, -0.2) is 17.2 Å². The van der Waals surface area contributed by atoms with Gasteiger partial charge < -0.3 is 10.1 Å². The largest absolute Gasteiger partial charge is 0.372 e. The third kappa shape index (κ3) is 4.69. The van der Waals surface area contributed by atoms with Crippen LogP contribution in [0.25, 0.3) is 0 Å². The molecule has 1 amide bonds. The van der Waals surface area contributed by atoms with Crippen molar-refractivity contribution in [3.63, 3.8) is 0 Å². The Bertz CT molecular complexity index is 583. The summed E-state index contributed by atoms with van der Waals surface area (Å²) in [6.45, 7) is 1.81. The van der Waals surface area contributed by atoms with Gasteiger partial charge in [-0.2, -0.15) is 0 Å². The van der Waals surface area contributed by atoms with Crippen molar-refractivity contribution in [1.82, 2.24) is 0 Å². The number of anilines is 1. The highest BCUT2D eigenvalue weighted by Crippen LogP contribution is 2.25. The number of rotatable bonds is 6. The number of nitrogens with one attached hydrogen (secondary N) is 1. The average molecular weight is 328 g/mol. The number of halogens is 3. The highest BCUT2D eigenvalue weighted by Gasteiger charge is 2.19. The van der Waals surface area contributed by atoms with Crippen LogP contribution in [0.2, 0.25) is 0 Å². The molecule has 0 aliphatic rings. The second-order valence-electron chi connectivity index (χ2n) is 3.80. The van der Waals surface area contributed by atoms with E-state index in [9.17, 15) is 22.0 Å². The predicted molar refractivity (Wildman–Crippen MR) is 69.1 cm³/mol. The van der Waals surface area contributed by atoms with E-state index in [4.69, 9.17) is 15.4 Å². The van der Waals surface area contributed by atoms with Gasteiger partial charge in [0.1, 0.15) is 12.3 Å². The molecule has 0 radical (unpaired) electrons. The minimum absolute atomic E-state index is 0.335. The van der Waals surface area contributed by atoms with Crippen LogP contribution >= 0.6 is 10.7 Å². The summed E-state index contributed by atoms with van der Waals surface area (Å²) in [5.74, 6) is -3.24. The number of hydrogen-bond acceptors (Lipinski definition) is 4. The van der Waals surface area contributed by atoms with Crippen molar-refractivity contribution in [3.05, 3.63) is 23.8 Å². The fourth-order valence-electron chi connectivity index (χ4n) is 1.29. The summed E-state index contributed by atoms with van der Waals surface area (Å²) in [5, 5.41) is 1.96. The Labute approximate surface area is 119 Å². The molecule has 0 aromatic heterocycles. The Morgan fingerprint density at radius 3 is 2.35 bits per heavy atom. The highest BCUT2D eigenvalue weighted by atomic mass is 35.7. The van der Waals surface area contributed by atoms with Gasteiger partial charge in [-0.05, 0) is 18.6 Å². The number of ether oxygens (including phenoxy) is 1. The van der Waals surface area contributed by atoms with E-state index >= 15 is 0 Å². The molecular formula is C11H12ClF2NO4S. The summed E-state index contributed by atoms with van der Waals surface area (Å²) in [6, 6.07) is 1.04. The number of amides is 1. The van der Waals surface area contributed by atoms with E-state index in [2.05, 4.69) is 0 Å². The zero-order valence-corrected chi connectivity index (χ0v) is 12.0. The van der Waals surface area contributed by atoms with E-state index in [0.717, 1.165) is 0 Å². The van der Waals surface area contributed by atoms with Gasteiger partial charge in [0, 0.05) is 17.3 Å². The predicted octanol–water partition coefficient (Wildman–Crippen LogP) is 2.26. The van der Waals surface area contributed by atoms with Gasteiger partial charge in [-0.3, -0.25) is 4.79 Å². The molecule has 0 heterocycles. The molecule has 0 saturated carbocycles. The van der Waals surface area contributed by atoms with Crippen LogP contribution in [-0.2, 0) is 18.6 Å². The number of carbonyl (C=O) groups is 1. The van der Waals surface area contributed by atoms with Crippen LogP contribution in [0.4, 0.5) is 14.5 Å². The lowest BCUT2D eigenvalue weighted by molar-refractivity contribution is -0.120. The van der Waals surface area contributed by atoms with Gasteiger partial charge in [0.05, 0.1) is 4.90 Å². The normalized spacial score (nSPS) is 11.4. The van der Waals surface area contributed by atoms with Gasteiger partial charge in [0.15, 0.2) is 11.6 Å². The van der Waals surface area contributed by atoms with Crippen LogP contribution < -0.4 is 5.32 Å². The number of carbonyl (C=O) groups excluding carboxylic acids is 1. The molecule has 0 atom stereocenters. The Balaban J connectivity index is 2.90. The van der Waals surface area contributed by atoms with Crippen molar-refractivity contribution in [2.75, 3.05) is 18.5 Å². The molecule has 20 heavy (non-hydrogen) atoms. The van der Waals surface area contributed by atoms with Crippen LogP contribution in [0.3, 0.4) is 0 Å².